The average molecular weight is 170 g/mol. The molecule has 1 aliphatic carbocycles. The summed E-state index contributed by atoms with van der Waals surface area (Å²) in [6.07, 6.45) is 5.56. The zero-order valence-electron chi connectivity index (χ0n) is 8.17. The van der Waals surface area contributed by atoms with E-state index in [0.29, 0.717) is 0 Å². The van der Waals surface area contributed by atoms with Gasteiger partial charge in [-0.3, -0.25) is 0 Å². The summed E-state index contributed by atoms with van der Waals surface area (Å²) in [5.41, 5.74) is 5.63. The highest BCUT2D eigenvalue weighted by Crippen LogP contribution is 2.31. The summed E-state index contributed by atoms with van der Waals surface area (Å²) in [7, 11) is 0. The van der Waals surface area contributed by atoms with Gasteiger partial charge in [-0.25, -0.2) is 0 Å². The maximum Gasteiger partial charge on any atom is -0.0112 e. The highest BCUT2D eigenvalue weighted by atomic mass is 14.1. The van der Waals surface area contributed by atoms with Crippen molar-refractivity contribution in [3.8, 4) is 0 Å². The molecule has 0 radical (unpaired) electrons. The van der Waals surface area contributed by atoms with Gasteiger partial charge < -0.3 is 0 Å². The standard InChI is InChI=1S/C13H14/c1-3-10(2)12-9-8-11-6-4-5-7-13(11)12/h4-9H,3H2,1-2H3. The minimum absolute atomic E-state index is 1.13. The molecule has 0 atom stereocenters. The van der Waals surface area contributed by atoms with Gasteiger partial charge in [-0.2, -0.15) is 0 Å². The van der Waals surface area contributed by atoms with E-state index in [2.05, 4.69) is 50.3 Å². The highest BCUT2D eigenvalue weighted by molar-refractivity contribution is 5.91. The Bertz CT molecular complexity index is 381. The molecule has 0 heteroatoms. The predicted molar refractivity (Wildman–Crippen MR) is 58.4 cm³/mol. The number of fused-ring (bicyclic) bond motifs is 1. The Kier molecular flexibility index (Phi) is 2.05. The molecule has 0 N–H and O–H groups in total. The van der Waals surface area contributed by atoms with Crippen molar-refractivity contribution in [3.05, 3.63) is 47.0 Å². The summed E-state index contributed by atoms with van der Waals surface area (Å²) in [5.74, 6) is 0. The summed E-state index contributed by atoms with van der Waals surface area (Å²) in [4.78, 5) is 0. The van der Waals surface area contributed by atoms with Crippen LogP contribution in [0.3, 0.4) is 0 Å². The van der Waals surface area contributed by atoms with Crippen molar-refractivity contribution in [2.24, 2.45) is 0 Å². The second-order valence-electron chi connectivity index (χ2n) is 3.47. The van der Waals surface area contributed by atoms with Crippen LogP contribution in [-0.2, 0) is 0 Å². The second-order valence-corrected chi connectivity index (χ2v) is 3.47. The van der Waals surface area contributed by atoms with Gasteiger partial charge in [-0.05, 0) is 30.0 Å². The molecule has 1 aromatic carbocycles. The topological polar surface area (TPSA) is 0 Å². The van der Waals surface area contributed by atoms with E-state index in [-0.39, 0.29) is 0 Å². The molecule has 0 amide bonds. The van der Waals surface area contributed by atoms with Crippen molar-refractivity contribution in [3.63, 3.8) is 0 Å². The molecule has 0 unspecified atom stereocenters. The Balaban J connectivity index is 2.56. The fourth-order valence-corrected chi connectivity index (χ4v) is 1.71. The SMILES string of the molecule is CCC(C)=C1C=Cc2ccccc21. The Morgan fingerprint density at radius 3 is 2.69 bits per heavy atom. The molecule has 0 bridgehead atoms. The molecule has 66 valence electrons. The van der Waals surface area contributed by atoms with Crippen molar-refractivity contribution in [2.45, 2.75) is 20.3 Å². The molecule has 0 nitrogen and oxygen atoms in total. The van der Waals surface area contributed by atoms with E-state index >= 15 is 0 Å². The lowest BCUT2D eigenvalue weighted by atomic mass is 10.0. The van der Waals surface area contributed by atoms with Gasteiger partial charge in [0.25, 0.3) is 0 Å². The van der Waals surface area contributed by atoms with Crippen LogP contribution in [0.4, 0.5) is 0 Å². The first-order valence-corrected chi connectivity index (χ1v) is 4.80. The van der Waals surface area contributed by atoms with Crippen molar-refractivity contribution in [1.29, 1.82) is 0 Å². The Morgan fingerprint density at radius 2 is 1.92 bits per heavy atom. The molecular weight excluding hydrogens is 156 g/mol. The Morgan fingerprint density at radius 1 is 1.15 bits per heavy atom. The van der Waals surface area contributed by atoms with E-state index in [1.165, 1.54) is 22.3 Å². The predicted octanol–water partition coefficient (Wildman–Crippen LogP) is 3.90. The van der Waals surface area contributed by atoms with Crippen LogP contribution in [0.15, 0.2) is 35.9 Å². The molecule has 0 aromatic heterocycles. The van der Waals surface area contributed by atoms with Gasteiger partial charge in [0.2, 0.25) is 0 Å². The lowest BCUT2D eigenvalue weighted by Crippen LogP contribution is -1.83. The molecular formula is C13H14. The minimum Gasteiger partial charge on any atom is -0.0657 e. The molecule has 0 spiro atoms. The van der Waals surface area contributed by atoms with Crippen LogP contribution in [0.25, 0.3) is 11.6 Å². The number of benzene rings is 1. The maximum atomic E-state index is 2.23. The molecule has 0 saturated heterocycles. The van der Waals surface area contributed by atoms with Crippen LogP contribution in [0.1, 0.15) is 31.4 Å². The van der Waals surface area contributed by atoms with Crippen LogP contribution in [0.5, 0.6) is 0 Å². The zero-order valence-corrected chi connectivity index (χ0v) is 8.17. The van der Waals surface area contributed by atoms with Crippen LogP contribution in [0, 0.1) is 0 Å². The summed E-state index contributed by atoms with van der Waals surface area (Å²) < 4.78 is 0. The van der Waals surface area contributed by atoms with Gasteiger partial charge >= 0.3 is 0 Å². The summed E-state index contributed by atoms with van der Waals surface area (Å²) in [6, 6.07) is 8.56. The van der Waals surface area contributed by atoms with Crippen LogP contribution in [-0.4, -0.2) is 0 Å². The van der Waals surface area contributed by atoms with Crippen LogP contribution < -0.4 is 0 Å². The van der Waals surface area contributed by atoms with E-state index < -0.39 is 0 Å². The normalized spacial score (nSPS) is 17.4. The lowest BCUT2D eigenvalue weighted by Gasteiger charge is -2.04. The first kappa shape index (κ1) is 8.31. The third-order valence-corrected chi connectivity index (χ3v) is 2.67. The summed E-state index contributed by atoms with van der Waals surface area (Å²) >= 11 is 0. The maximum absolute atomic E-state index is 2.23. The minimum atomic E-state index is 1.13. The third kappa shape index (κ3) is 1.33. The molecule has 0 fully saturated rings. The number of allylic oxidation sites excluding steroid dienone is 3. The molecule has 1 aliphatic rings. The average Bonchev–Trinajstić information content (AvgIpc) is 2.60. The summed E-state index contributed by atoms with van der Waals surface area (Å²) in [5, 5.41) is 0. The van der Waals surface area contributed by atoms with Crippen molar-refractivity contribution >= 4 is 11.6 Å². The largest absolute Gasteiger partial charge is 0.0657 e. The molecule has 13 heavy (non-hydrogen) atoms. The van der Waals surface area contributed by atoms with Gasteiger partial charge in [-0.15, -0.1) is 0 Å². The van der Waals surface area contributed by atoms with Crippen LogP contribution >= 0.6 is 0 Å². The van der Waals surface area contributed by atoms with E-state index in [1.807, 2.05) is 0 Å². The van der Waals surface area contributed by atoms with E-state index in [1.54, 1.807) is 0 Å². The van der Waals surface area contributed by atoms with E-state index in [0.717, 1.165) is 6.42 Å². The first-order chi connectivity index (χ1) is 6.33. The zero-order chi connectivity index (χ0) is 9.26. The Hall–Kier alpha value is -1.30. The number of hydrogen-bond donors (Lipinski definition) is 0. The molecule has 2 rings (SSSR count). The van der Waals surface area contributed by atoms with E-state index in [4.69, 9.17) is 0 Å². The number of rotatable bonds is 1. The monoisotopic (exact) mass is 170 g/mol. The quantitative estimate of drug-likeness (QED) is 0.599. The number of hydrogen-bond acceptors (Lipinski definition) is 0. The molecule has 1 aromatic rings. The molecule has 0 aliphatic heterocycles. The summed E-state index contributed by atoms with van der Waals surface area (Å²) in [6.45, 7) is 4.42. The Labute approximate surface area is 79.6 Å². The smallest absolute Gasteiger partial charge is 0.0112 e. The van der Waals surface area contributed by atoms with Gasteiger partial charge in [0.05, 0.1) is 0 Å². The van der Waals surface area contributed by atoms with Gasteiger partial charge in [0.15, 0.2) is 0 Å². The van der Waals surface area contributed by atoms with Crippen molar-refractivity contribution < 1.29 is 0 Å². The first-order valence-electron chi connectivity index (χ1n) is 4.80. The molecule has 0 heterocycles. The lowest BCUT2D eigenvalue weighted by molar-refractivity contribution is 1.11. The third-order valence-electron chi connectivity index (χ3n) is 2.67. The van der Waals surface area contributed by atoms with Gasteiger partial charge in [0, 0.05) is 0 Å². The van der Waals surface area contributed by atoms with Gasteiger partial charge in [0.1, 0.15) is 0 Å². The fraction of sp³-hybridized carbons (Fsp3) is 0.231. The van der Waals surface area contributed by atoms with Crippen molar-refractivity contribution in [2.75, 3.05) is 0 Å². The highest BCUT2D eigenvalue weighted by Gasteiger charge is 2.10. The second kappa shape index (κ2) is 3.21. The van der Waals surface area contributed by atoms with E-state index in [9.17, 15) is 0 Å². The molecule has 0 saturated carbocycles. The fourth-order valence-electron chi connectivity index (χ4n) is 1.71. The van der Waals surface area contributed by atoms with Crippen molar-refractivity contribution in [1.82, 2.24) is 0 Å². The van der Waals surface area contributed by atoms with Crippen LogP contribution in [0.2, 0.25) is 0 Å². The van der Waals surface area contributed by atoms with Gasteiger partial charge in [-0.1, -0.05) is 48.9 Å².